The van der Waals surface area contributed by atoms with Crippen molar-refractivity contribution in [3.8, 4) is 5.75 Å². The molecule has 0 fully saturated rings. The van der Waals surface area contributed by atoms with Gasteiger partial charge >= 0.3 is 0 Å². The standard InChI is InChI=1S/C20H15Br3ClNO/c21-15-8-14(11-25-16-6-7-17(22)19(24)10-16)20(18(23)9-15)26-12-13-4-2-1-3-5-13/h1-10,25H,11-12H2. The van der Waals surface area contributed by atoms with E-state index >= 15 is 0 Å². The third kappa shape index (κ3) is 5.26. The van der Waals surface area contributed by atoms with Crippen LogP contribution in [0, 0.1) is 0 Å². The molecule has 0 aromatic heterocycles. The van der Waals surface area contributed by atoms with E-state index in [2.05, 4.69) is 71.3 Å². The van der Waals surface area contributed by atoms with Crippen LogP contribution < -0.4 is 10.1 Å². The van der Waals surface area contributed by atoms with Crippen LogP contribution in [0.25, 0.3) is 0 Å². The van der Waals surface area contributed by atoms with E-state index in [9.17, 15) is 0 Å². The van der Waals surface area contributed by atoms with Gasteiger partial charge in [0.1, 0.15) is 12.4 Å². The lowest BCUT2D eigenvalue weighted by atomic mass is 10.2. The monoisotopic (exact) mass is 557 g/mol. The second-order valence-electron chi connectivity index (χ2n) is 5.63. The average molecular weight is 561 g/mol. The van der Waals surface area contributed by atoms with Gasteiger partial charge in [0.05, 0.1) is 9.50 Å². The Bertz CT molecular complexity index is 903. The summed E-state index contributed by atoms with van der Waals surface area (Å²) in [6, 6.07) is 20.0. The molecular weight excluding hydrogens is 545 g/mol. The molecule has 3 aromatic carbocycles. The highest BCUT2D eigenvalue weighted by Gasteiger charge is 2.11. The fourth-order valence-electron chi connectivity index (χ4n) is 2.44. The van der Waals surface area contributed by atoms with Crippen LogP contribution in [0.5, 0.6) is 5.75 Å². The summed E-state index contributed by atoms with van der Waals surface area (Å²) in [6.07, 6.45) is 0. The molecule has 0 bridgehead atoms. The van der Waals surface area contributed by atoms with Crippen LogP contribution in [-0.2, 0) is 13.2 Å². The molecule has 134 valence electrons. The molecule has 0 saturated carbocycles. The van der Waals surface area contributed by atoms with Gasteiger partial charge in [-0.3, -0.25) is 0 Å². The second-order valence-corrected chi connectivity index (χ2v) is 8.66. The van der Waals surface area contributed by atoms with Crippen molar-refractivity contribution < 1.29 is 4.74 Å². The number of benzene rings is 3. The van der Waals surface area contributed by atoms with Crippen molar-refractivity contribution >= 4 is 65.1 Å². The molecule has 0 aliphatic heterocycles. The molecule has 0 unspecified atom stereocenters. The minimum atomic E-state index is 0.512. The number of ether oxygens (including phenoxy) is 1. The van der Waals surface area contributed by atoms with E-state index in [4.69, 9.17) is 16.3 Å². The van der Waals surface area contributed by atoms with Gasteiger partial charge in [0.25, 0.3) is 0 Å². The SMILES string of the molecule is Clc1cc(NCc2cc(Br)cc(Br)c2OCc2ccccc2)ccc1Br. The van der Waals surface area contributed by atoms with Crippen LogP contribution in [0.2, 0.25) is 5.02 Å². The summed E-state index contributed by atoms with van der Waals surface area (Å²) in [4.78, 5) is 0. The zero-order valence-corrected chi connectivity index (χ0v) is 19.1. The summed E-state index contributed by atoms with van der Waals surface area (Å²) in [5.74, 6) is 0.827. The maximum atomic E-state index is 6.17. The molecule has 3 aromatic rings. The summed E-state index contributed by atoms with van der Waals surface area (Å²) >= 11 is 16.7. The van der Waals surface area contributed by atoms with Crippen LogP contribution in [0.4, 0.5) is 5.69 Å². The van der Waals surface area contributed by atoms with Gasteiger partial charge in [-0.15, -0.1) is 0 Å². The van der Waals surface area contributed by atoms with Gasteiger partial charge in [0.15, 0.2) is 0 Å². The lowest BCUT2D eigenvalue weighted by Gasteiger charge is -2.16. The highest BCUT2D eigenvalue weighted by Crippen LogP contribution is 2.34. The molecule has 1 N–H and O–H groups in total. The largest absolute Gasteiger partial charge is 0.487 e. The van der Waals surface area contributed by atoms with Crippen molar-refractivity contribution in [2.75, 3.05) is 5.32 Å². The van der Waals surface area contributed by atoms with E-state index in [1.165, 1.54) is 0 Å². The molecule has 0 spiro atoms. The summed E-state index contributed by atoms with van der Waals surface area (Å²) in [5.41, 5.74) is 3.12. The van der Waals surface area contributed by atoms with Gasteiger partial charge < -0.3 is 10.1 Å². The predicted octanol–water partition coefficient (Wildman–Crippen LogP) is 7.82. The Morgan fingerprint density at radius 2 is 1.65 bits per heavy atom. The molecule has 0 radical (unpaired) electrons. The summed E-state index contributed by atoms with van der Waals surface area (Å²) in [7, 11) is 0. The Hall–Kier alpha value is -1.01. The second kappa shape index (κ2) is 9.27. The minimum absolute atomic E-state index is 0.512. The zero-order chi connectivity index (χ0) is 18.5. The van der Waals surface area contributed by atoms with E-state index in [1.807, 2.05) is 42.5 Å². The van der Waals surface area contributed by atoms with E-state index < -0.39 is 0 Å². The van der Waals surface area contributed by atoms with Crippen LogP contribution in [-0.4, -0.2) is 0 Å². The van der Waals surface area contributed by atoms with Gasteiger partial charge in [-0.25, -0.2) is 0 Å². The molecule has 0 saturated heterocycles. The third-order valence-corrected chi connectivity index (χ3v) is 5.99. The summed E-state index contributed by atoms with van der Waals surface area (Å²) in [5, 5.41) is 4.07. The molecule has 0 aliphatic rings. The zero-order valence-electron chi connectivity index (χ0n) is 13.6. The molecule has 6 heteroatoms. The smallest absolute Gasteiger partial charge is 0.139 e. The minimum Gasteiger partial charge on any atom is -0.487 e. The first-order chi connectivity index (χ1) is 12.5. The number of anilines is 1. The molecular formula is C20H15Br3ClNO. The van der Waals surface area contributed by atoms with Gasteiger partial charge in [-0.1, -0.05) is 57.9 Å². The number of nitrogens with one attached hydrogen (secondary N) is 1. The first-order valence-electron chi connectivity index (χ1n) is 7.86. The predicted molar refractivity (Wildman–Crippen MR) is 119 cm³/mol. The normalized spacial score (nSPS) is 10.6. The highest BCUT2D eigenvalue weighted by molar-refractivity contribution is 9.11. The van der Waals surface area contributed by atoms with E-state index in [0.717, 1.165) is 36.0 Å². The Morgan fingerprint density at radius 1 is 0.885 bits per heavy atom. The first kappa shape index (κ1) is 19.7. The third-order valence-electron chi connectivity index (χ3n) is 3.71. The van der Waals surface area contributed by atoms with Crippen molar-refractivity contribution in [3.63, 3.8) is 0 Å². The van der Waals surface area contributed by atoms with E-state index in [1.54, 1.807) is 0 Å². The molecule has 0 aliphatic carbocycles. The van der Waals surface area contributed by atoms with Crippen molar-refractivity contribution in [1.82, 2.24) is 0 Å². The summed E-state index contributed by atoms with van der Waals surface area (Å²) in [6.45, 7) is 1.12. The molecule has 3 rings (SSSR count). The molecule has 26 heavy (non-hydrogen) atoms. The van der Waals surface area contributed by atoms with Crippen molar-refractivity contribution in [3.05, 3.63) is 90.2 Å². The molecule has 0 atom stereocenters. The van der Waals surface area contributed by atoms with Gasteiger partial charge in [0.2, 0.25) is 0 Å². The van der Waals surface area contributed by atoms with Gasteiger partial charge in [-0.2, -0.15) is 0 Å². The van der Waals surface area contributed by atoms with Crippen LogP contribution in [0.1, 0.15) is 11.1 Å². The van der Waals surface area contributed by atoms with Gasteiger partial charge in [0, 0.05) is 26.7 Å². The number of hydrogen-bond acceptors (Lipinski definition) is 2. The number of rotatable bonds is 6. The van der Waals surface area contributed by atoms with Crippen LogP contribution >= 0.6 is 59.4 Å². The Kier molecular flexibility index (Phi) is 7.04. The topological polar surface area (TPSA) is 21.3 Å². The Labute approximate surface area is 183 Å². The maximum Gasteiger partial charge on any atom is 0.139 e. The highest BCUT2D eigenvalue weighted by atomic mass is 79.9. The lowest BCUT2D eigenvalue weighted by Crippen LogP contribution is -2.04. The van der Waals surface area contributed by atoms with Crippen molar-refractivity contribution in [2.24, 2.45) is 0 Å². The Morgan fingerprint density at radius 3 is 2.38 bits per heavy atom. The number of halogens is 4. The fourth-order valence-corrected chi connectivity index (χ4v) is 4.30. The number of hydrogen-bond donors (Lipinski definition) is 1. The quantitative estimate of drug-likeness (QED) is 0.332. The van der Waals surface area contributed by atoms with E-state index in [-0.39, 0.29) is 0 Å². The average Bonchev–Trinajstić information content (AvgIpc) is 2.62. The molecule has 0 heterocycles. The fraction of sp³-hybridized carbons (Fsp3) is 0.100. The van der Waals surface area contributed by atoms with E-state index in [0.29, 0.717) is 18.2 Å². The molecule has 0 amide bonds. The Balaban J connectivity index is 1.77. The summed E-state index contributed by atoms with van der Waals surface area (Å²) < 4.78 is 8.87. The van der Waals surface area contributed by atoms with Crippen molar-refractivity contribution in [1.29, 1.82) is 0 Å². The van der Waals surface area contributed by atoms with Gasteiger partial charge in [-0.05, 0) is 67.8 Å². The molecule has 2 nitrogen and oxygen atoms in total. The lowest BCUT2D eigenvalue weighted by molar-refractivity contribution is 0.301. The van der Waals surface area contributed by atoms with Crippen LogP contribution in [0.15, 0.2) is 74.1 Å². The first-order valence-corrected chi connectivity index (χ1v) is 10.6. The van der Waals surface area contributed by atoms with Crippen LogP contribution in [0.3, 0.4) is 0 Å². The maximum absolute atomic E-state index is 6.17. The van der Waals surface area contributed by atoms with Crippen molar-refractivity contribution in [2.45, 2.75) is 13.2 Å².